The molecule has 1 aliphatic carbocycles. The lowest BCUT2D eigenvalue weighted by Crippen LogP contribution is -2.32. The van der Waals surface area contributed by atoms with Crippen molar-refractivity contribution in [3.63, 3.8) is 0 Å². The summed E-state index contributed by atoms with van der Waals surface area (Å²) in [6, 6.07) is 0. The van der Waals surface area contributed by atoms with Crippen molar-refractivity contribution in [2.24, 2.45) is 5.92 Å². The van der Waals surface area contributed by atoms with Gasteiger partial charge in [0.05, 0.1) is 6.54 Å². The van der Waals surface area contributed by atoms with Crippen LogP contribution in [0.15, 0.2) is 0 Å². The van der Waals surface area contributed by atoms with Crippen molar-refractivity contribution < 1.29 is 9.90 Å². The van der Waals surface area contributed by atoms with E-state index in [2.05, 4.69) is 11.8 Å². The van der Waals surface area contributed by atoms with E-state index >= 15 is 0 Å². The van der Waals surface area contributed by atoms with Crippen LogP contribution in [0.25, 0.3) is 0 Å². The van der Waals surface area contributed by atoms with Gasteiger partial charge < -0.3 is 5.11 Å². The van der Waals surface area contributed by atoms with Crippen LogP contribution in [0.2, 0.25) is 0 Å². The maximum atomic E-state index is 10.6. The molecule has 0 heterocycles. The summed E-state index contributed by atoms with van der Waals surface area (Å²) in [5, 5.41) is 8.76. The number of hydrogen-bond acceptors (Lipinski definition) is 2. The Morgan fingerprint density at radius 1 is 1.31 bits per heavy atom. The predicted octanol–water partition coefficient (Wildman–Crippen LogP) is 2.79. The summed E-state index contributed by atoms with van der Waals surface area (Å²) in [5.41, 5.74) is 0. The van der Waals surface area contributed by atoms with Crippen LogP contribution in [0.4, 0.5) is 0 Å². The summed E-state index contributed by atoms with van der Waals surface area (Å²) in [6.45, 7) is 4.19. The molecule has 0 amide bonds. The van der Waals surface area contributed by atoms with Crippen LogP contribution < -0.4 is 0 Å². The zero-order valence-electron chi connectivity index (χ0n) is 10.2. The maximum Gasteiger partial charge on any atom is 0.317 e. The summed E-state index contributed by atoms with van der Waals surface area (Å²) in [5.74, 6) is 0.160. The van der Waals surface area contributed by atoms with E-state index in [9.17, 15) is 4.79 Å². The Kier molecular flexibility index (Phi) is 8.67. The van der Waals surface area contributed by atoms with E-state index in [1.165, 1.54) is 32.1 Å². The molecule has 0 unspecified atom stereocenters. The van der Waals surface area contributed by atoms with Crippen LogP contribution >= 0.6 is 12.4 Å². The quantitative estimate of drug-likeness (QED) is 0.754. The number of aliphatic carboxylic acids is 1. The minimum atomic E-state index is -0.699. The molecule has 0 aliphatic heterocycles. The lowest BCUT2D eigenvalue weighted by atomic mass is 10.0. The highest BCUT2D eigenvalue weighted by Gasteiger charge is 2.16. The van der Waals surface area contributed by atoms with Gasteiger partial charge >= 0.3 is 5.97 Å². The number of rotatable bonds is 7. The van der Waals surface area contributed by atoms with Gasteiger partial charge in [-0.25, -0.2) is 0 Å². The summed E-state index contributed by atoms with van der Waals surface area (Å²) < 4.78 is 0. The van der Waals surface area contributed by atoms with E-state index in [0.717, 1.165) is 25.4 Å². The Morgan fingerprint density at radius 3 is 2.44 bits per heavy atom. The van der Waals surface area contributed by atoms with Crippen LogP contribution in [-0.2, 0) is 4.79 Å². The first-order chi connectivity index (χ1) is 7.22. The topological polar surface area (TPSA) is 40.5 Å². The summed E-state index contributed by atoms with van der Waals surface area (Å²) >= 11 is 0. The summed E-state index contributed by atoms with van der Waals surface area (Å²) in [4.78, 5) is 12.7. The summed E-state index contributed by atoms with van der Waals surface area (Å²) in [6.07, 6.45) is 7.68. The van der Waals surface area contributed by atoms with Crippen molar-refractivity contribution in [1.29, 1.82) is 0 Å². The van der Waals surface area contributed by atoms with E-state index < -0.39 is 5.97 Å². The third-order valence-electron chi connectivity index (χ3n) is 3.23. The number of nitrogens with zero attached hydrogens (tertiary/aromatic N) is 1. The number of carboxylic acids is 1. The lowest BCUT2D eigenvalue weighted by Gasteiger charge is -2.21. The summed E-state index contributed by atoms with van der Waals surface area (Å²) in [7, 11) is 0. The number of halogens is 1. The molecule has 96 valence electrons. The van der Waals surface area contributed by atoms with E-state index in [0.29, 0.717) is 0 Å². The highest BCUT2D eigenvalue weighted by Crippen LogP contribution is 2.27. The second-order valence-corrected chi connectivity index (χ2v) is 4.61. The minimum Gasteiger partial charge on any atom is -0.480 e. The molecular weight excluding hydrogens is 226 g/mol. The monoisotopic (exact) mass is 249 g/mol. The lowest BCUT2D eigenvalue weighted by molar-refractivity contribution is -0.138. The second kappa shape index (κ2) is 8.82. The molecule has 1 rings (SSSR count). The molecule has 1 saturated carbocycles. The Hall–Kier alpha value is -0.280. The third-order valence-corrected chi connectivity index (χ3v) is 3.23. The Labute approximate surface area is 105 Å². The fourth-order valence-electron chi connectivity index (χ4n) is 2.44. The molecule has 1 N–H and O–H groups in total. The first-order valence-corrected chi connectivity index (χ1v) is 6.16. The molecule has 0 atom stereocenters. The Bertz CT molecular complexity index is 193. The van der Waals surface area contributed by atoms with Crippen molar-refractivity contribution in [1.82, 2.24) is 4.90 Å². The Balaban J connectivity index is 0.00000225. The molecule has 0 bridgehead atoms. The van der Waals surface area contributed by atoms with Crippen molar-refractivity contribution in [2.75, 3.05) is 19.6 Å². The molecule has 4 heteroatoms. The van der Waals surface area contributed by atoms with Gasteiger partial charge in [0.25, 0.3) is 0 Å². The maximum absolute atomic E-state index is 10.6. The van der Waals surface area contributed by atoms with Crippen molar-refractivity contribution in [3.05, 3.63) is 0 Å². The molecule has 0 aromatic carbocycles. The van der Waals surface area contributed by atoms with Crippen LogP contribution in [0.1, 0.15) is 45.4 Å². The van der Waals surface area contributed by atoms with Crippen LogP contribution in [0.3, 0.4) is 0 Å². The van der Waals surface area contributed by atoms with Crippen molar-refractivity contribution in [2.45, 2.75) is 45.4 Å². The van der Waals surface area contributed by atoms with Gasteiger partial charge in [-0.15, -0.1) is 12.4 Å². The Morgan fingerprint density at radius 2 is 1.94 bits per heavy atom. The van der Waals surface area contributed by atoms with Gasteiger partial charge in [-0.3, -0.25) is 9.69 Å². The van der Waals surface area contributed by atoms with Gasteiger partial charge in [-0.05, 0) is 31.8 Å². The van der Waals surface area contributed by atoms with Crippen molar-refractivity contribution in [3.8, 4) is 0 Å². The van der Waals surface area contributed by atoms with E-state index in [1.54, 1.807) is 0 Å². The molecular formula is C12H24ClNO2. The molecule has 16 heavy (non-hydrogen) atoms. The van der Waals surface area contributed by atoms with Gasteiger partial charge in [0, 0.05) is 0 Å². The van der Waals surface area contributed by atoms with Gasteiger partial charge in [0.2, 0.25) is 0 Å². The largest absolute Gasteiger partial charge is 0.480 e. The number of carbonyl (C=O) groups is 1. The van der Waals surface area contributed by atoms with Crippen LogP contribution in [0, 0.1) is 5.92 Å². The average molecular weight is 250 g/mol. The molecule has 3 nitrogen and oxygen atoms in total. The normalized spacial score (nSPS) is 16.4. The SMILES string of the molecule is CCCN(CCC1CCCC1)CC(=O)O.Cl. The van der Waals surface area contributed by atoms with E-state index in [4.69, 9.17) is 5.11 Å². The first-order valence-electron chi connectivity index (χ1n) is 6.16. The highest BCUT2D eigenvalue weighted by atomic mass is 35.5. The first kappa shape index (κ1) is 15.7. The van der Waals surface area contributed by atoms with Gasteiger partial charge in [-0.1, -0.05) is 32.6 Å². The second-order valence-electron chi connectivity index (χ2n) is 4.61. The van der Waals surface area contributed by atoms with E-state index in [1.807, 2.05) is 0 Å². The molecule has 0 aromatic heterocycles. The average Bonchev–Trinajstić information content (AvgIpc) is 2.66. The molecule has 0 spiro atoms. The van der Waals surface area contributed by atoms with Gasteiger partial charge in [0.15, 0.2) is 0 Å². The zero-order valence-corrected chi connectivity index (χ0v) is 11.0. The third kappa shape index (κ3) is 6.33. The fraction of sp³-hybridized carbons (Fsp3) is 0.917. The molecule has 0 saturated heterocycles. The molecule has 0 aromatic rings. The van der Waals surface area contributed by atoms with Gasteiger partial charge in [0.1, 0.15) is 0 Å². The standard InChI is InChI=1S/C12H23NO2.ClH/c1-2-8-13(10-12(14)15)9-7-11-5-3-4-6-11;/h11H,2-10H2,1H3,(H,14,15);1H. The zero-order chi connectivity index (χ0) is 11.1. The number of hydrogen-bond donors (Lipinski definition) is 1. The smallest absolute Gasteiger partial charge is 0.317 e. The van der Waals surface area contributed by atoms with E-state index in [-0.39, 0.29) is 19.0 Å². The predicted molar refractivity (Wildman–Crippen MR) is 68.2 cm³/mol. The highest BCUT2D eigenvalue weighted by molar-refractivity contribution is 5.85. The molecule has 0 radical (unpaired) electrons. The van der Waals surface area contributed by atoms with Crippen molar-refractivity contribution >= 4 is 18.4 Å². The van der Waals surface area contributed by atoms with Crippen LogP contribution in [0.5, 0.6) is 0 Å². The van der Waals surface area contributed by atoms with Gasteiger partial charge in [-0.2, -0.15) is 0 Å². The molecule has 1 fully saturated rings. The number of carboxylic acid groups (broad SMARTS) is 1. The fourth-order valence-corrected chi connectivity index (χ4v) is 2.44. The molecule has 1 aliphatic rings. The minimum absolute atomic E-state index is 0. The van der Waals surface area contributed by atoms with Crippen LogP contribution in [-0.4, -0.2) is 35.6 Å².